The number of nitrogens with one attached hydrogen (secondary N) is 1. The summed E-state index contributed by atoms with van der Waals surface area (Å²) in [5, 5.41) is 12.6. The molecule has 2 amide bonds. The van der Waals surface area contributed by atoms with Crippen LogP contribution in [0, 0.1) is 17.2 Å². The highest BCUT2D eigenvalue weighted by Gasteiger charge is 2.33. The van der Waals surface area contributed by atoms with Gasteiger partial charge in [0, 0.05) is 57.3 Å². The van der Waals surface area contributed by atoms with Gasteiger partial charge in [-0.25, -0.2) is 14.8 Å². The van der Waals surface area contributed by atoms with E-state index in [-0.39, 0.29) is 24.6 Å². The number of likely N-dealkylation sites (tertiary alicyclic amines) is 1. The number of carbonyl (C=O) groups is 2. The molecule has 0 spiro atoms. The van der Waals surface area contributed by atoms with Gasteiger partial charge < -0.3 is 19.3 Å². The molecule has 1 unspecified atom stereocenters. The lowest BCUT2D eigenvalue weighted by Gasteiger charge is -2.40. The first-order valence-corrected chi connectivity index (χ1v) is 23.4. The third kappa shape index (κ3) is 10.0. The van der Waals surface area contributed by atoms with Gasteiger partial charge in [-0.3, -0.25) is 28.9 Å². The molecule has 0 radical (unpaired) electrons. The smallest absolute Gasteiger partial charge is 0.329 e. The molecular weight excluding hydrogens is 866 g/mol. The monoisotopic (exact) mass is 921 g/mol. The number of rotatable bonds is 15. The number of anilines is 1. The lowest BCUT2D eigenvalue weighted by molar-refractivity contribution is -0.135. The predicted octanol–water partition coefficient (Wildman–Crippen LogP) is 6.97. The van der Waals surface area contributed by atoms with Crippen molar-refractivity contribution in [2.45, 2.75) is 83.0 Å². The maximum absolute atomic E-state index is 13.4. The number of aromatic nitrogens is 4. The number of para-hydroxylation sites is 1. The fraction of sp³-hybridized carbons (Fsp3) is 0.469. The Morgan fingerprint density at radius 3 is 2.42 bits per heavy atom. The van der Waals surface area contributed by atoms with Gasteiger partial charge in [-0.1, -0.05) is 49.7 Å². The van der Waals surface area contributed by atoms with Crippen LogP contribution in [0.4, 0.5) is 5.95 Å². The Hall–Kier alpha value is -5.46. The Kier molecular flexibility index (Phi) is 14.2. The summed E-state index contributed by atoms with van der Waals surface area (Å²) in [6.45, 7) is 10.3. The van der Waals surface area contributed by atoms with Crippen LogP contribution in [-0.2, 0) is 35.2 Å². The van der Waals surface area contributed by atoms with Crippen LogP contribution in [0.2, 0.25) is 5.02 Å². The highest BCUT2D eigenvalue weighted by atomic mass is 35.5. The second-order valence-corrected chi connectivity index (χ2v) is 18.9. The minimum absolute atomic E-state index is 0.219. The molecule has 3 aliphatic rings. The summed E-state index contributed by atoms with van der Waals surface area (Å²) < 4.78 is 15.0. The zero-order valence-electron chi connectivity index (χ0n) is 37.6. The molecule has 16 heteroatoms. The number of alkyl halides is 1. The summed E-state index contributed by atoms with van der Waals surface area (Å²) in [5.74, 6) is 2.00. The van der Waals surface area contributed by atoms with Crippen molar-refractivity contribution in [1.29, 1.82) is 5.26 Å². The molecule has 3 aliphatic heterocycles. The SMILES string of the molecule is CN(CC1CCN(c2nccc(COc3ccc(C(C)(C)c4cc(Cl)c(OCCCl)c(C#N)c4)cc3)n2)CC1)C1CCN(Cc2cccc3c2n(C)c(=O)n3C2CCC(=O)NC2=O)CC1. The number of piperidine rings is 3. The number of hydrogen-bond donors (Lipinski definition) is 1. The number of nitriles is 1. The van der Waals surface area contributed by atoms with Crippen molar-refractivity contribution >= 4 is 52.0 Å². The highest BCUT2D eigenvalue weighted by molar-refractivity contribution is 6.32. The van der Waals surface area contributed by atoms with Crippen LogP contribution in [-0.4, -0.2) is 99.0 Å². The van der Waals surface area contributed by atoms with E-state index < -0.39 is 17.4 Å². The molecule has 3 aromatic carbocycles. The Morgan fingerprint density at radius 1 is 0.954 bits per heavy atom. The van der Waals surface area contributed by atoms with E-state index >= 15 is 0 Å². The lowest BCUT2D eigenvalue weighted by Crippen LogP contribution is -2.46. The van der Waals surface area contributed by atoms with E-state index in [9.17, 15) is 19.6 Å². The Labute approximate surface area is 390 Å². The van der Waals surface area contributed by atoms with Gasteiger partial charge in [0.25, 0.3) is 0 Å². The van der Waals surface area contributed by atoms with Crippen LogP contribution in [0.25, 0.3) is 11.0 Å². The number of nitrogens with zero attached hydrogens (tertiary/aromatic N) is 8. The first kappa shape index (κ1) is 46.1. The summed E-state index contributed by atoms with van der Waals surface area (Å²) in [5.41, 5.74) is 5.10. The number of ether oxygens (including phenoxy) is 2. The fourth-order valence-corrected chi connectivity index (χ4v) is 10.1. The normalized spacial score (nSPS) is 18.0. The second-order valence-electron chi connectivity index (χ2n) is 18.1. The molecular formula is C49H57Cl2N9O5. The molecule has 14 nitrogen and oxygen atoms in total. The van der Waals surface area contributed by atoms with Gasteiger partial charge in [-0.15, -0.1) is 11.6 Å². The first-order valence-electron chi connectivity index (χ1n) is 22.5. The molecule has 1 N–H and O–H groups in total. The molecule has 5 aromatic rings. The molecule has 5 heterocycles. The van der Waals surface area contributed by atoms with Crippen molar-refractivity contribution in [2.75, 3.05) is 57.2 Å². The number of hydrogen-bond acceptors (Lipinski definition) is 11. The van der Waals surface area contributed by atoms with Crippen molar-refractivity contribution in [3.8, 4) is 17.6 Å². The number of imidazole rings is 1. The number of aryl methyl sites for hydroxylation is 1. The van der Waals surface area contributed by atoms with Gasteiger partial charge in [0.1, 0.15) is 31.1 Å². The average Bonchev–Trinajstić information content (AvgIpc) is 3.57. The maximum Gasteiger partial charge on any atom is 0.329 e. The van der Waals surface area contributed by atoms with E-state index in [4.69, 9.17) is 37.7 Å². The van der Waals surface area contributed by atoms with E-state index in [1.807, 2.05) is 60.8 Å². The maximum atomic E-state index is 13.4. The van der Waals surface area contributed by atoms with Gasteiger partial charge in [-0.05, 0) is 111 Å². The molecule has 8 rings (SSSR count). The van der Waals surface area contributed by atoms with E-state index in [1.165, 1.54) is 0 Å². The molecule has 0 aliphatic carbocycles. The molecule has 1 atom stereocenters. The van der Waals surface area contributed by atoms with Crippen LogP contribution in [0.15, 0.2) is 71.7 Å². The van der Waals surface area contributed by atoms with Crippen LogP contribution < -0.4 is 25.4 Å². The van der Waals surface area contributed by atoms with E-state index in [2.05, 4.69) is 58.0 Å². The average molecular weight is 923 g/mol. The summed E-state index contributed by atoms with van der Waals surface area (Å²) >= 11 is 12.4. The summed E-state index contributed by atoms with van der Waals surface area (Å²) in [7, 11) is 4.03. The largest absolute Gasteiger partial charge is 0.489 e. The predicted molar refractivity (Wildman–Crippen MR) is 252 cm³/mol. The van der Waals surface area contributed by atoms with Crippen molar-refractivity contribution in [3.63, 3.8) is 0 Å². The molecule has 0 bridgehead atoms. The van der Waals surface area contributed by atoms with Crippen molar-refractivity contribution in [3.05, 3.63) is 110 Å². The lowest BCUT2D eigenvalue weighted by atomic mass is 9.77. The van der Waals surface area contributed by atoms with Crippen LogP contribution in [0.1, 0.15) is 86.4 Å². The van der Waals surface area contributed by atoms with Gasteiger partial charge >= 0.3 is 5.69 Å². The number of imide groups is 1. The molecule has 3 saturated heterocycles. The minimum atomic E-state index is -0.692. The third-order valence-electron chi connectivity index (χ3n) is 13.6. The topological polar surface area (TPSA) is 151 Å². The van der Waals surface area contributed by atoms with Gasteiger partial charge in [0.2, 0.25) is 17.8 Å². The zero-order chi connectivity index (χ0) is 45.8. The van der Waals surface area contributed by atoms with E-state index in [0.717, 1.165) is 110 Å². The molecule has 3 fully saturated rings. The fourth-order valence-electron chi connectivity index (χ4n) is 9.74. The first-order chi connectivity index (χ1) is 31.3. The number of carbonyl (C=O) groups excluding carboxylic acids is 2. The standard InChI is InChI=1S/C49H57Cl2N9O5/c1-49(2,36-26-34(28-52)45(40(51)27-36)64-25-19-50)35-8-10-39(11-9-35)65-31-37-14-20-53-47(54-37)59-23-15-32(16-24-59)29-56(3)38-17-21-58(22-18-38)30-33-6-5-7-41-44(33)57(4)48(63)60(41)42-12-13-43(61)55-46(42)62/h5-11,14,20,26-27,32,38,42H,12-13,15-19,21-25,29-31H2,1-4H3,(H,55,61,62). The van der Waals surface area contributed by atoms with Gasteiger partial charge in [0.05, 0.1) is 33.2 Å². The molecule has 0 saturated carbocycles. The second kappa shape index (κ2) is 20.0. The van der Waals surface area contributed by atoms with Gasteiger partial charge in [-0.2, -0.15) is 5.26 Å². The Balaban J connectivity index is 0.796. The molecule has 65 heavy (non-hydrogen) atoms. The van der Waals surface area contributed by atoms with E-state index in [1.54, 1.807) is 16.2 Å². The Morgan fingerprint density at radius 2 is 1.71 bits per heavy atom. The quantitative estimate of drug-likeness (QED) is 0.0857. The van der Waals surface area contributed by atoms with Crippen molar-refractivity contribution in [1.82, 2.24) is 34.2 Å². The summed E-state index contributed by atoms with van der Waals surface area (Å²) in [6.07, 6.45) is 6.65. The third-order valence-corrected chi connectivity index (χ3v) is 14.0. The van der Waals surface area contributed by atoms with Crippen molar-refractivity contribution in [2.24, 2.45) is 13.0 Å². The van der Waals surface area contributed by atoms with E-state index in [0.29, 0.717) is 47.2 Å². The molecule has 2 aromatic heterocycles. The van der Waals surface area contributed by atoms with Gasteiger partial charge in [0.15, 0.2) is 5.75 Å². The number of amides is 2. The molecule has 342 valence electrons. The number of halogens is 2. The number of benzene rings is 3. The Bertz CT molecular complexity index is 2630. The van der Waals surface area contributed by atoms with Crippen molar-refractivity contribution < 1.29 is 19.1 Å². The summed E-state index contributed by atoms with van der Waals surface area (Å²) in [6, 6.07) is 21.5. The minimum Gasteiger partial charge on any atom is -0.489 e. The number of fused-ring (bicyclic) bond motifs is 1. The summed E-state index contributed by atoms with van der Waals surface area (Å²) in [4.78, 5) is 54.8. The van der Waals surface area contributed by atoms with Crippen LogP contribution >= 0.6 is 23.2 Å². The van der Waals surface area contributed by atoms with Crippen LogP contribution in [0.5, 0.6) is 11.5 Å². The van der Waals surface area contributed by atoms with Crippen LogP contribution in [0.3, 0.4) is 0 Å². The zero-order valence-corrected chi connectivity index (χ0v) is 39.1. The highest BCUT2D eigenvalue weighted by Crippen LogP contribution is 2.39.